The lowest BCUT2D eigenvalue weighted by atomic mass is 10.1. The monoisotopic (exact) mass is 299 g/mol. The molecule has 0 aliphatic carbocycles. The molecule has 0 bridgehead atoms. The summed E-state index contributed by atoms with van der Waals surface area (Å²) in [6, 6.07) is 3.19. The molecule has 3 N–H and O–H groups in total. The van der Waals surface area contributed by atoms with Gasteiger partial charge in [-0.15, -0.1) is 0 Å². The Morgan fingerprint density at radius 1 is 1.45 bits per heavy atom. The molecule has 1 aliphatic heterocycles. The van der Waals surface area contributed by atoms with E-state index < -0.39 is 10.0 Å². The van der Waals surface area contributed by atoms with Gasteiger partial charge in [-0.3, -0.25) is 4.98 Å². The van der Waals surface area contributed by atoms with Crippen molar-refractivity contribution in [2.75, 3.05) is 13.2 Å². The third-order valence-electron chi connectivity index (χ3n) is 3.63. The molecule has 0 amide bonds. The van der Waals surface area contributed by atoms with Gasteiger partial charge in [0.1, 0.15) is 4.90 Å². The Bertz CT molecular complexity index is 530. The zero-order valence-electron chi connectivity index (χ0n) is 11.4. The van der Waals surface area contributed by atoms with E-state index in [1.54, 1.807) is 16.4 Å². The molecule has 112 valence electrons. The van der Waals surface area contributed by atoms with E-state index in [1.165, 1.54) is 6.20 Å². The van der Waals surface area contributed by atoms with Crippen LogP contribution in [0.5, 0.6) is 0 Å². The molecule has 1 saturated heterocycles. The maximum absolute atomic E-state index is 12.6. The van der Waals surface area contributed by atoms with Crippen LogP contribution in [0.25, 0.3) is 0 Å². The summed E-state index contributed by atoms with van der Waals surface area (Å²) in [6.07, 6.45) is 4.42. The number of rotatable bonds is 6. The van der Waals surface area contributed by atoms with Gasteiger partial charge in [-0.2, -0.15) is 4.31 Å². The molecule has 20 heavy (non-hydrogen) atoms. The Balaban J connectivity index is 2.19. The highest BCUT2D eigenvalue weighted by Crippen LogP contribution is 2.28. The standard InChI is InChI=1S/C13H21N3O3S/c14-9-11-5-6-13(10-15-11)20(18,19)16-7-1-3-12(16)4-2-8-17/h5-6,10,12,17H,1-4,7-9,14H2. The molecule has 2 rings (SSSR count). The fourth-order valence-corrected chi connectivity index (χ4v) is 4.23. The minimum atomic E-state index is -3.49. The average molecular weight is 299 g/mol. The van der Waals surface area contributed by atoms with Crippen LogP contribution in [0.2, 0.25) is 0 Å². The van der Waals surface area contributed by atoms with E-state index in [0.29, 0.717) is 31.6 Å². The van der Waals surface area contributed by atoms with Gasteiger partial charge in [0.15, 0.2) is 0 Å². The largest absolute Gasteiger partial charge is 0.396 e. The lowest BCUT2D eigenvalue weighted by molar-refractivity contribution is 0.264. The highest BCUT2D eigenvalue weighted by Gasteiger charge is 2.34. The second-order valence-corrected chi connectivity index (χ2v) is 6.86. The molecule has 2 heterocycles. The number of nitrogens with two attached hydrogens (primary N) is 1. The van der Waals surface area contributed by atoms with Gasteiger partial charge in [0.05, 0.1) is 5.69 Å². The molecule has 1 unspecified atom stereocenters. The Kier molecular flexibility index (Phi) is 5.09. The molecule has 0 aromatic carbocycles. The predicted molar refractivity (Wildman–Crippen MR) is 75.4 cm³/mol. The van der Waals surface area contributed by atoms with Crippen molar-refractivity contribution in [3.63, 3.8) is 0 Å². The van der Waals surface area contributed by atoms with Gasteiger partial charge in [0, 0.05) is 31.9 Å². The molecule has 1 atom stereocenters. The SMILES string of the molecule is NCc1ccc(S(=O)(=O)N2CCCC2CCCO)cn1. The quantitative estimate of drug-likeness (QED) is 0.795. The zero-order valence-corrected chi connectivity index (χ0v) is 12.2. The van der Waals surface area contributed by atoms with Crippen LogP contribution in [0.3, 0.4) is 0 Å². The first-order valence-electron chi connectivity index (χ1n) is 6.87. The van der Waals surface area contributed by atoms with Crippen molar-refractivity contribution in [1.82, 2.24) is 9.29 Å². The molecule has 0 spiro atoms. The first-order chi connectivity index (χ1) is 9.59. The number of aliphatic hydroxyl groups excluding tert-OH is 1. The van der Waals surface area contributed by atoms with E-state index in [2.05, 4.69) is 4.98 Å². The number of hydrogen-bond acceptors (Lipinski definition) is 5. The van der Waals surface area contributed by atoms with E-state index in [4.69, 9.17) is 10.8 Å². The number of aromatic nitrogens is 1. The number of sulfonamides is 1. The Hall–Kier alpha value is -1.02. The van der Waals surface area contributed by atoms with E-state index in [9.17, 15) is 8.42 Å². The Labute approximate surface area is 119 Å². The summed E-state index contributed by atoms with van der Waals surface area (Å²) in [4.78, 5) is 4.26. The van der Waals surface area contributed by atoms with Gasteiger partial charge in [-0.1, -0.05) is 0 Å². The van der Waals surface area contributed by atoms with Crippen LogP contribution in [0.15, 0.2) is 23.2 Å². The summed E-state index contributed by atoms with van der Waals surface area (Å²) in [5, 5.41) is 8.90. The molecule has 1 aromatic rings. The molecular formula is C13H21N3O3S. The minimum absolute atomic E-state index is 0.0127. The van der Waals surface area contributed by atoms with Crippen LogP contribution in [0.1, 0.15) is 31.4 Å². The van der Waals surface area contributed by atoms with Crippen LogP contribution in [-0.4, -0.2) is 42.0 Å². The fourth-order valence-electron chi connectivity index (χ4n) is 2.56. The average Bonchev–Trinajstić information content (AvgIpc) is 2.94. The van der Waals surface area contributed by atoms with Crippen LogP contribution >= 0.6 is 0 Å². The molecular weight excluding hydrogens is 278 g/mol. The topological polar surface area (TPSA) is 96.5 Å². The van der Waals surface area contributed by atoms with E-state index in [0.717, 1.165) is 12.8 Å². The summed E-state index contributed by atoms with van der Waals surface area (Å²) in [7, 11) is -3.49. The second-order valence-electron chi connectivity index (χ2n) is 4.97. The van der Waals surface area contributed by atoms with Crippen molar-refractivity contribution in [2.24, 2.45) is 5.73 Å². The highest BCUT2D eigenvalue weighted by molar-refractivity contribution is 7.89. The van der Waals surface area contributed by atoms with Gasteiger partial charge in [-0.25, -0.2) is 8.42 Å². The lowest BCUT2D eigenvalue weighted by Crippen LogP contribution is -2.35. The van der Waals surface area contributed by atoms with E-state index in [1.807, 2.05) is 0 Å². The van der Waals surface area contributed by atoms with Gasteiger partial charge >= 0.3 is 0 Å². The molecule has 7 heteroatoms. The number of hydrogen-bond donors (Lipinski definition) is 2. The minimum Gasteiger partial charge on any atom is -0.396 e. The maximum atomic E-state index is 12.6. The van der Waals surface area contributed by atoms with Crippen molar-refractivity contribution in [2.45, 2.75) is 43.2 Å². The first-order valence-corrected chi connectivity index (χ1v) is 8.31. The summed E-state index contributed by atoms with van der Waals surface area (Å²) in [5.74, 6) is 0. The molecule has 6 nitrogen and oxygen atoms in total. The summed E-state index contributed by atoms with van der Waals surface area (Å²) < 4.78 is 26.7. The molecule has 0 saturated carbocycles. The van der Waals surface area contributed by atoms with Crippen molar-refractivity contribution in [3.8, 4) is 0 Å². The Morgan fingerprint density at radius 3 is 2.85 bits per heavy atom. The fraction of sp³-hybridized carbons (Fsp3) is 0.615. The normalized spacial score (nSPS) is 20.4. The maximum Gasteiger partial charge on any atom is 0.244 e. The number of aliphatic hydroxyl groups is 1. The first kappa shape index (κ1) is 15.4. The van der Waals surface area contributed by atoms with Gasteiger partial charge in [-0.05, 0) is 37.8 Å². The van der Waals surface area contributed by atoms with Crippen molar-refractivity contribution < 1.29 is 13.5 Å². The number of pyridine rings is 1. The van der Waals surface area contributed by atoms with Crippen molar-refractivity contribution in [3.05, 3.63) is 24.0 Å². The van der Waals surface area contributed by atoms with Gasteiger partial charge < -0.3 is 10.8 Å². The summed E-state index contributed by atoms with van der Waals surface area (Å²) >= 11 is 0. The van der Waals surface area contributed by atoms with Crippen molar-refractivity contribution in [1.29, 1.82) is 0 Å². The number of nitrogens with zero attached hydrogens (tertiary/aromatic N) is 2. The van der Waals surface area contributed by atoms with Gasteiger partial charge in [0.25, 0.3) is 0 Å². The van der Waals surface area contributed by atoms with E-state index >= 15 is 0 Å². The molecule has 1 fully saturated rings. The van der Waals surface area contributed by atoms with Crippen LogP contribution < -0.4 is 5.73 Å². The van der Waals surface area contributed by atoms with Gasteiger partial charge in [0.2, 0.25) is 10.0 Å². The molecule has 1 aliphatic rings. The molecule has 0 radical (unpaired) electrons. The van der Waals surface area contributed by atoms with Crippen LogP contribution in [-0.2, 0) is 16.6 Å². The predicted octanol–water partition coefficient (Wildman–Crippen LogP) is 0.466. The van der Waals surface area contributed by atoms with Crippen LogP contribution in [0.4, 0.5) is 0 Å². The summed E-state index contributed by atoms with van der Waals surface area (Å²) in [6.45, 7) is 0.928. The molecule has 1 aromatic heterocycles. The third-order valence-corrected chi connectivity index (χ3v) is 5.57. The summed E-state index contributed by atoms with van der Waals surface area (Å²) in [5.41, 5.74) is 6.13. The smallest absolute Gasteiger partial charge is 0.244 e. The zero-order chi connectivity index (χ0) is 14.6. The second kappa shape index (κ2) is 6.62. The van der Waals surface area contributed by atoms with E-state index in [-0.39, 0.29) is 17.5 Å². The third kappa shape index (κ3) is 3.17. The highest BCUT2D eigenvalue weighted by atomic mass is 32.2. The lowest BCUT2D eigenvalue weighted by Gasteiger charge is -2.23. The Morgan fingerprint density at radius 2 is 2.25 bits per heavy atom. The van der Waals surface area contributed by atoms with Crippen molar-refractivity contribution >= 4 is 10.0 Å². The van der Waals surface area contributed by atoms with Crippen LogP contribution in [0, 0.1) is 0 Å².